The van der Waals surface area contributed by atoms with Crippen molar-refractivity contribution >= 4 is 34.8 Å². The summed E-state index contributed by atoms with van der Waals surface area (Å²) in [6.45, 7) is 0.239. The summed E-state index contributed by atoms with van der Waals surface area (Å²) in [5.41, 5.74) is 0.882. The number of rotatable bonds is 4. The monoisotopic (exact) mass is 373 g/mol. The highest BCUT2D eigenvalue weighted by molar-refractivity contribution is 6.35. The number of hydrogen-bond donors (Lipinski definition) is 1. The van der Waals surface area contributed by atoms with Crippen LogP contribution in [0.4, 0.5) is 5.69 Å². The Morgan fingerprint density at radius 2 is 2.00 bits per heavy atom. The molecule has 0 bridgehead atoms. The van der Waals surface area contributed by atoms with E-state index in [1.807, 2.05) is 0 Å². The van der Waals surface area contributed by atoms with E-state index in [2.05, 4.69) is 10.3 Å². The Balaban J connectivity index is 1.87. The van der Waals surface area contributed by atoms with Crippen molar-refractivity contribution in [2.75, 3.05) is 5.32 Å². The quantitative estimate of drug-likeness (QED) is 0.755. The predicted octanol–water partition coefficient (Wildman–Crippen LogP) is 3.85. The minimum absolute atomic E-state index is 0.0384. The topological polar surface area (TPSA) is 64.0 Å². The van der Waals surface area contributed by atoms with Gasteiger partial charge in [-0.3, -0.25) is 14.6 Å². The molecule has 0 fully saturated rings. The molecule has 1 aromatic carbocycles. The number of nitrogens with zero attached hydrogens (tertiary/aromatic N) is 2. The van der Waals surface area contributed by atoms with Crippen molar-refractivity contribution in [2.45, 2.75) is 6.54 Å². The number of aromatic nitrogens is 2. The maximum Gasteiger partial charge on any atom is 0.263 e. The van der Waals surface area contributed by atoms with Gasteiger partial charge in [0.2, 0.25) is 0 Å². The van der Waals surface area contributed by atoms with E-state index in [1.54, 1.807) is 48.8 Å². The number of benzene rings is 1. The van der Waals surface area contributed by atoms with Crippen molar-refractivity contribution in [3.05, 3.63) is 92.6 Å². The first-order chi connectivity index (χ1) is 12.0. The van der Waals surface area contributed by atoms with Crippen LogP contribution in [-0.2, 0) is 6.54 Å². The highest BCUT2D eigenvalue weighted by atomic mass is 35.5. The van der Waals surface area contributed by atoms with Crippen LogP contribution in [0.1, 0.15) is 15.9 Å². The van der Waals surface area contributed by atoms with E-state index >= 15 is 0 Å². The van der Waals surface area contributed by atoms with E-state index in [4.69, 9.17) is 23.2 Å². The van der Waals surface area contributed by atoms with Gasteiger partial charge in [0, 0.05) is 22.4 Å². The molecule has 5 nitrogen and oxygen atoms in total. The van der Waals surface area contributed by atoms with Gasteiger partial charge in [0.05, 0.1) is 18.4 Å². The summed E-state index contributed by atoms with van der Waals surface area (Å²) in [5.74, 6) is -0.491. The third kappa shape index (κ3) is 4.07. The summed E-state index contributed by atoms with van der Waals surface area (Å²) in [6, 6.07) is 11.6. The molecule has 0 aliphatic heterocycles. The van der Waals surface area contributed by atoms with E-state index in [9.17, 15) is 9.59 Å². The van der Waals surface area contributed by atoms with Crippen LogP contribution in [-0.4, -0.2) is 15.5 Å². The van der Waals surface area contributed by atoms with Gasteiger partial charge in [0.1, 0.15) is 5.56 Å². The minimum atomic E-state index is -0.491. The number of carbonyl (C=O) groups is 1. The fourth-order valence-electron chi connectivity index (χ4n) is 2.30. The number of pyridine rings is 2. The van der Waals surface area contributed by atoms with Gasteiger partial charge in [0.25, 0.3) is 11.5 Å². The molecule has 7 heteroatoms. The fourth-order valence-corrected chi connectivity index (χ4v) is 2.77. The number of carbonyl (C=O) groups excluding carboxylic acids is 1. The number of amides is 1. The second-order valence-electron chi connectivity index (χ2n) is 5.29. The van der Waals surface area contributed by atoms with E-state index in [0.717, 1.165) is 5.56 Å². The number of hydrogen-bond acceptors (Lipinski definition) is 3. The zero-order valence-electron chi connectivity index (χ0n) is 12.9. The normalized spacial score (nSPS) is 10.5. The van der Waals surface area contributed by atoms with Crippen LogP contribution in [0.5, 0.6) is 0 Å². The van der Waals surface area contributed by atoms with Crippen LogP contribution in [0.15, 0.2) is 65.8 Å². The molecule has 0 spiro atoms. The zero-order chi connectivity index (χ0) is 17.8. The molecule has 3 rings (SSSR count). The van der Waals surface area contributed by atoms with Gasteiger partial charge in [-0.1, -0.05) is 29.3 Å². The Morgan fingerprint density at radius 1 is 1.16 bits per heavy atom. The average Bonchev–Trinajstić information content (AvgIpc) is 2.59. The molecule has 0 saturated heterocycles. The second-order valence-corrected chi connectivity index (χ2v) is 6.13. The van der Waals surface area contributed by atoms with Gasteiger partial charge >= 0.3 is 0 Å². The molecule has 0 radical (unpaired) electrons. The molecule has 0 unspecified atom stereocenters. The van der Waals surface area contributed by atoms with Gasteiger partial charge in [-0.2, -0.15) is 0 Å². The summed E-state index contributed by atoms with van der Waals surface area (Å²) in [4.78, 5) is 28.9. The van der Waals surface area contributed by atoms with Crippen molar-refractivity contribution in [3.8, 4) is 0 Å². The van der Waals surface area contributed by atoms with Gasteiger partial charge in [0.15, 0.2) is 0 Å². The van der Waals surface area contributed by atoms with Crippen LogP contribution in [0.3, 0.4) is 0 Å². The SMILES string of the molecule is O=C(Nc1cccnc1)c1cccn(Cc2ccc(Cl)cc2Cl)c1=O. The molecule has 0 atom stereocenters. The predicted molar refractivity (Wildman–Crippen MR) is 98.5 cm³/mol. The molecule has 126 valence electrons. The number of halogens is 2. The van der Waals surface area contributed by atoms with Crippen molar-refractivity contribution in [1.29, 1.82) is 0 Å². The lowest BCUT2D eigenvalue weighted by atomic mass is 10.2. The third-order valence-corrected chi connectivity index (χ3v) is 4.13. The summed E-state index contributed by atoms with van der Waals surface area (Å²) < 4.78 is 1.42. The first-order valence-corrected chi connectivity index (χ1v) is 8.15. The van der Waals surface area contributed by atoms with Gasteiger partial charge in [-0.05, 0) is 42.0 Å². The van der Waals surface area contributed by atoms with Crippen molar-refractivity contribution in [1.82, 2.24) is 9.55 Å². The summed E-state index contributed by atoms with van der Waals surface area (Å²) in [5, 5.41) is 3.63. The van der Waals surface area contributed by atoms with Crippen molar-refractivity contribution < 1.29 is 4.79 Å². The molecule has 1 amide bonds. The molecule has 3 aromatic rings. The molecular formula is C18H13Cl2N3O2. The third-order valence-electron chi connectivity index (χ3n) is 3.54. The molecule has 1 N–H and O–H groups in total. The minimum Gasteiger partial charge on any atom is -0.320 e. The van der Waals surface area contributed by atoms with Crippen molar-refractivity contribution in [3.63, 3.8) is 0 Å². The Morgan fingerprint density at radius 3 is 2.72 bits per heavy atom. The van der Waals surface area contributed by atoms with Crippen LogP contribution in [0.25, 0.3) is 0 Å². The molecule has 2 heterocycles. The smallest absolute Gasteiger partial charge is 0.263 e. The first kappa shape index (κ1) is 17.2. The second kappa shape index (κ2) is 7.51. The standard InChI is InChI=1S/C18H13Cl2N3O2/c19-13-6-5-12(16(20)9-13)11-23-8-2-4-15(18(23)25)17(24)22-14-3-1-7-21-10-14/h1-10H,11H2,(H,22,24). The van der Waals surface area contributed by atoms with Crippen LogP contribution < -0.4 is 10.9 Å². The summed E-state index contributed by atoms with van der Waals surface area (Å²) >= 11 is 12.0. The number of anilines is 1. The summed E-state index contributed by atoms with van der Waals surface area (Å²) in [7, 11) is 0. The maximum atomic E-state index is 12.6. The van der Waals surface area contributed by atoms with Crippen LogP contribution in [0.2, 0.25) is 10.0 Å². The van der Waals surface area contributed by atoms with E-state index in [0.29, 0.717) is 15.7 Å². The number of nitrogens with one attached hydrogen (secondary N) is 1. The van der Waals surface area contributed by atoms with E-state index in [-0.39, 0.29) is 12.1 Å². The van der Waals surface area contributed by atoms with Crippen LogP contribution in [0, 0.1) is 0 Å². The lowest BCUT2D eigenvalue weighted by molar-refractivity contribution is 0.102. The molecular weight excluding hydrogens is 361 g/mol. The van der Waals surface area contributed by atoms with E-state index in [1.165, 1.54) is 16.8 Å². The highest BCUT2D eigenvalue weighted by Gasteiger charge is 2.13. The Bertz CT molecular complexity index is 972. The first-order valence-electron chi connectivity index (χ1n) is 7.39. The van der Waals surface area contributed by atoms with Gasteiger partial charge in [-0.15, -0.1) is 0 Å². The van der Waals surface area contributed by atoms with Gasteiger partial charge < -0.3 is 9.88 Å². The molecule has 0 saturated carbocycles. The molecule has 2 aromatic heterocycles. The largest absolute Gasteiger partial charge is 0.320 e. The lowest BCUT2D eigenvalue weighted by Crippen LogP contribution is -2.29. The Kier molecular flexibility index (Phi) is 5.16. The molecule has 0 aliphatic carbocycles. The Labute approximate surface area is 153 Å². The maximum absolute atomic E-state index is 12.6. The van der Waals surface area contributed by atoms with Gasteiger partial charge in [-0.25, -0.2) is 0 Å². The molecule has 25 heavy (non-hydrogen) atoms. The Hall–Kier alpha value is -2.63. The lowest BCUT2D eigenvalue weighted by Gasteiger charge is -2.10. The highest BCUT2D eigenvalue weighted by Crippen LogP contribution is 2.21. The van der Waals surface area contributed by atoms with E-state index < -0.39 is 11.5 Å². The summed E-state index contributed by atoms with van der Waals surface area (Å²) in [6.07, 6.45) is 4.71. The fraction of sp³-hybridized carbons (Fsp3) is 0.0556. The van der Waals surface area contributed by atoms with Crippen molar-refractivity contribution in [2.24, 2.45) is 0 Å². The average molecular weight is 374 g/mol. The zero-order valence-corrected chi connectivity index (χ0v) is 14.5. The molecule has 0 aliphatic rings. The van der Waals surface area contributed by atoms with Crippen LogP contribution >= 0.6 is 23.2 Å².